The first-order valence-corrected chi connectivity index (χ1v) is 10.6. The van der Waals surface area contributed by atoms with Crippen molar-refractivity contribution in [3.8, 4) is 0 Å². The van der Waals surface area contributed by atoms with Crippen molar-refractivity contribution in [3.63, 3.8) is 0 Å². The summed E-state index contributed by atoms with van der Waals surface area (Å²) in [4.78, 5) is 47.0. The largest absolute Gasteiger partial charge is 0.352 e. The fourth-order valence-corrected chi connectivity index (χ4v) is 3.39. The Bertz CT molecular complexity index is 1170. The van der Waals surface area contributed by atoms with Crippen LogP contribution in [0.15, 0.2) is 66.7 Å². The summed E-state index contributed by atoms with van der Waals surface area (Å²) in [6, 6.07) is 18.7. The van der Waals surface area contributed by atoms with Crippen LogP contribution in [0.25, 0.3) is 10.8 Å². The van der Waals surface area contributed by atoms with Gasteiger partial charge in [-0.25, -0.2) is 0 Å². The summed E-state index contributed by atoms with van der Waals surface area (Å²) in [5.41, 5.74) is 5.11. The van der Waals surface area contributed by atoms with Gasteiger partial charge >= 0.3 is 0 Å². The lowest BCUT2D eigenvalue weighted by Gasteiger charge is -2.09. The molecule has 0 aliphatic carbocycles. The minimum atomic E-state index is -0.591. The summed E-state index contributed by atoms with van der Waals surface area (Å²) in [7, 11) is 0. The van der Waals surface area contributed by atoms with E-state index in [1.807, 2.05) is 30.3 Å². The molecule has 3 rings (SSSR count). The molecule has 0 aliphatic rings. The highest BCUT2D eigenvalue weighted by molar-refractivity contribution is 6.07. The van der Waals surface area contributed by atoms with Crippen LogP contribution in [0.4, 0.5) is 5.69 Å². The highest BCUT2D eigenvalue weighted by atomic mass is 16.6. The number of hydrazine groups is 1. The van der Waals surface area contributed by atoms with E-state index in [4.69, 9.17) is 0 Å². The quantitative estimate of drug-likeness (QED) is 0.262. The first kappa shape index (κ1) is 23.4. The topological polar surface area (TPSA) is 130 Å². The van der Waals surface area contributed by atoms with Crippen LogP contribution in [-0.2, 0) is 4.79 Å². The molecule has 3 aromatic rings. The van der Waals surface area contributed by atoms with Crippen molar-refractivity contribution in [2.24, 2.45) is 0 Å². The Labute approximate surface area is 190 Å². The monoisotopic (exact) mass is 448 g/mol. The standard InChI is InChI=1S/C24H24N4O5/c29-22(26-27-24(31)19-13-8-10-17-9-3-4-11-18(17)19)15-2-1-7-16-25-23(30)20-12-5-6-14-21(20)28(32)33/h3-6,8-14H,1-2,7,15-16H2,(H,25,30)(H,26,29)(H,27,31). The number of unbranched alkanes of at least 4 members (excludes halogenated alkanes) is 2. The van der Waals surface area contributed by atoms with Crippen molar-refractivity contribution >= 4 is 34.2 Å². The molecule has 0 radical (unpaired) electrons. The number of amides is 3. The van der Waals surface area contributed by atoms with Crippen LogP contribution in [0.1, 0.15) is 46.4 Å². The van der Waals surface area contributed by atoms with Gasteiger partial charge in [0.1, 0.15) is 5.56 Å². The van der Waals surface area contributed by atoms with Gasteiger partial charge in [0, 0.05) is 24.6 Å². The van der Waals surface area contributed by atoms with E-state index in [-0.39, 0.29) is 23.6 Å². The molecule has 3 amide bonds. The Hall–Kier alpha value is -4.27. The predicted molar refractivity (Wildman–Crippen MR) is 123 cm³/mol. The van der Waals surface area contributed by atoms with Crippen molar-refractivity contribution in [3.05, 3.63) is 88.0 Å². The molecule has 3 aromatic carbocycles. The summed E-state index contributed by atoms with van der Waals surface area (Å²) in [6.45, 7) is 0.338. The van der Waals surface area contributed by atoms with Crippen molar-refractivity contribution in [1.82, 2.24) is 16.2 Å². The Balaban J connectivity index is 1.34. The molecule has 0 aromatic heterocycles. The van der Waals surface area contributed by atoms with Gasteiger partial charge in [0.2, 0.25) is 5.91 Å². The van der Waals surface area contributed by atoms with Gasteiger partial charge in [-0.05, 0) is 35.7 Å². The number of nitrogens with one attached hydrogen (secondary N) is 3. The second-order valence-corrected chi connectivity index (χ2v) is 7.37. The van der Waals surface area contributed by atoms with Crippen LogP contribution in [-0.4, -0.2) is 29.2 Å². The molecule has 9 heteroatoms. The van der Waals surface area contributed by atoms with E-state index in [1.54, 1.807) is 18.2 Å². The number of hydrogen-bond acceptors (Lipinski definition) is 5. The van der Waals surface area contributed by atoms with Gasteiger partial charge in [-0.1, -0.05) is 55.0 Å². The van der Waals surface area contributed by atoms with E-state index in [2.05, 4.69) is 16.2 Å². The molecule has 0 aliphatic heterocycles. The maximum atomic E-state index is 12.4. The Morgan fingerprint density at radius 1 is 0.758 bits per heavy atom. The van der Waals surface area contributed by atoms with Crippen LogP contribution < -0.4 is 16.2 Å². The third kappa shape index (κ3) is 6.36. The molecule has 0 spiro atoms. The van der Waals surface area contributed by atoms with Crippen LogP contribution >= 0.6 is 0 Å². The number of carbonyl (C=O) groups excluding carboxylic acids is 3. The van der Waals surface area contributed by atoms with E-state index >= 15 is 0 Å². The van der Waals surface area contributed by atoms with Gasteiger partial charge in [-0.2, -0.15) is 0 Å². The molecule has 3 N–H and O–H groups in total. The Kier molecular flexibility index (Phi) is 8.07. The highest BCUT2D eigenvalue weighted by Gasteiger charge is 2.18. The van der Waals surface area contributed by atoms with Gasteiger partial charge in [-0.3, -0.25) is 35.3 Å². The van der Waals surface area contributed by atoms with Gasteiger partial charge in [0.15, 0.2) is 0 Å². The molecule has 0 saturated carbocycles. The summed E-state index contributed by atoms with van der Waals surface area (Å²) < 4.78 is 0. The SMILES string of the molecule is O=C(CCCCCNC(=O)c1ccccc1[N+](=O)[O-])NNC(=O)c1cccc2ccccc12. The normalized spacial score (nSPS) is 10.4. The van der Waals surface area contributed by atoms with Crippen molar-refractivity contribution < 1.29 is 19.3 Å². The zero-order chi connectivity index (χ0) is 23.6. The summed E-state index contributed by atoms with van der Waals surface area (Å²) in [6.07, 6.45) is 2.06. The van der Waals surface area contributed by atoms with Crippen LogP contribution in [0.3, 0.4) is 0 Å². The minimum Gasteiger partial charge on any atom is -0.352 e. The van der Waals surface area contributed by atoms with Crippen LogP contribution in [0.2, 0.25) is 0 Å². The van der Waals surface area contributed by atoms with E-state index in [9.17, 15) is 24.5 Å². The molecule has 0 bridgehead atoms. The molecular formula is C24H24N4O5. The molecule has 0 unspecified atom stereocenters. The maximum Gasteiger partial charge on any atom is 0.282 e. The van der Waals surface area contributed by atoms with Gasteiger partial charge in [0.05, 0.1) is 4.92 Å². The molecular weight excluding hydrogens is 424 g/mol. The van der Waals surface area contributed by atoms with Gasteiger partial charge < -0.3 is 5.32 Å². The second-order valence-electron chi connectivity index (χ2n) is 7.37. The molecule has 0 atom stereocenters. The highest BCUT2D eigenvalue weighted by Crippen LogP contribution is 2.18. The lowest BCUT2D eigenvalue weighted by Crippen LogP contribution is -2.41. The number of hydrogen-bond donors (Lipinski definition) is 3. The van der Waals surface area contributed by atoms with E-state index in [0.29, 0.717) is 31.4 Å². The molecule has 0 saturated heterocycles. The van der Waals surface area contributed by atoms with E-state index < -0.39 is 16.7 Å². The van der Waals surface area contributed by atoms with Crippen molar-refractivity contribution in [2.45, 2.75) is 25.7 Å². The zero-order valence-corrected chi connectivity index (χ0v) is 17.9. The van der Waals surface area contributed by atoms with Crippen molar-refractivity contribution in [2.75, 3.05) is 6.54 Å². The van der Waals surface area contributed by atoms with Gasteiger partial charge in [-0.15, -0.1) is 0 Å². The first-order valence-electron chi connectivity index (χ1n) is 10.6. The van der Waals surface area contributed by atoms with E-state index in [0.717, 1.165) is 10.8 Å². The lowest BCUT2D eigenvalue weighted by molar-refractivity contribution is -0.385. The lowest BCUT2D eigenvalue weighted by atomic mass is 10.0. The number of nitro benzene ring substituents is 1. The Morgan fingerprint density at radius 2 is 1.45 bits per heavy atom. The third-order valence-corrected chi connectivity index (χ3v) is 5.06. The molecule has 9 nitrogen and oxygen atoms in total. The van der Waals surface area contributed by atoms with Crippen LogP contribution in [0.5, 0.6) is 0 Å². The fraction of sp³-hybridized carbons (Fsp3) is 0.208. The zero-order valence-electron chi connectivity index (χ0n) is 17.9. The first-order chi connectivity index (χ1) is 16.0. The molecule has 0 fully saturated rings. The van der Waals surface area contributed by atoms with Crippen molar-refractivity contribution in [1.29, 1.82) is 0 Å². The summed E-state index contributed by atoms with van der Waals surface area (Å²) in [5.74, 6) is -1.21. The number of carbonyl (C=O) groups is 3. The smallest absolute Gasteiger partial charge is 0.282 e. The number of nitrogens with zero attached hydrogens (tertiary/aromatic N) is 1. The maximum absolute atomic E-state index is 12.4. The van der Waals surface area contributed by atoms with Crippen LogP contribution in [0, 0.1) is 10.1 Å². The fourth-order valence-electron chi connectivity index (χ4n) is 3.39. The number of nitro groups is 1. The third-order valence-electron chi connectivity index (χ3n) is 5.06. The summed E-state index contributed by atoms with van der Waals surface area (Å²) >= 11 is 0. The van der Waals surface area contributed by atoms with E-state index in [1.165, 1.54) is 18.2 Å². The second kappa shape index (κ2) is 11.4. The molecule has 170 valence electrons. The predicted octanol–water partition coefficient (Wildman–Crippen LogP) is 3.50. The Morgan fingerprint density at radius 3 is 2.27 bits per heavy atom. The molecule has 33 heavy (non-hydrogen) atoms. The number of fused-ring (bicyclic) bond motifs is 1. The summed E-state index contributed by atoms with van der Waals surface area (Å²) in [5, 5.41) is 15.4. The average Bonchev–Trinajstić information content (AvgIpc) is 2.84. The number of benzene rings is 3. The average molecular weight is 448 g/mol. The number of rotatable bonds is 9. The van der Waals surface area contributed by atoms with Gasteiger partial charge in [0.25, 0.3) is 17.5 Å². The minimum absolute atomic E-state index is 0.0174. The number of para-hydroxylation sites is 1. The molecule has 0 heterocycles.